The highest BCUT2D eigenvalue weighted by Crippen LogP contribution is 2.42. The molecule has 2 aromatic carbocycles. The molecule has 2 aliphatic heterocycles. The molecule has 1 saturated carbocycles. The largest absolute Gasteiger partial charge is 0.340 e. The molecule has 8 heteroatoms. The lowest BCUT2D eigenvalue weighted by atomic mass is 9.90. The second kappa shape index (κ2) is 9.13. The Labute approximate surface area is 221 Å². The number of nitrogens with zero attached hydrogens (tertiary/aromatic N) is 6. The van der Waals surface area contributed by atoms with Crippen molar-refractivity contribution in [3.05, 3.63) is 90.1 Å². The van der Waals surface area contributed by atoms with Crippen molar-refractivity contribution in [1.29, 1.82) is 0 Å². The van der Waals surface area contributed by atoms with Gasteiger partial charge < -0.3 is 5.32 Å². The van der Waals surface area contributed by atoms with Crippen LogP contribution in [0.15, 0.2) is 84.0 Å². The third-order valence-corrected chi connectivity index (χ3v) is 7.79. The minimum absolute atomic E-state index is 0.0798. The maximum Gasteiger partial charge on any atom is 0.267 e. The lowest BCUT2D eigenvalue weighted by Gasteiger charge is -2.36. The average molecular weight is 504 g/mol. The Hall–Kier alpha value is -4.46. The molecule has 3 aliphatic rings. The zero-order chi connectivity index (χ0) is 25.6. The smallest absolute Gasteiger partial charge is 0.267 e. The van der Waals surface area contributed by atoms with Crippen molar-refractivity contribution in [3.63, 3.8) is 0 Å². The highest BCUT2D eigenvalue weighted by molar-refractivity contribution is 6.21. The molecule has 0 spiro atoms. The maximum absolute atomic E-state index is 13.8. The first kappa shape index (κ1) is 22.7. The number of nitrogens with one attached hydrogen (secondary N) is 1. The maximum atomic E-state index is 13.8. The van der Waals surface area contributed by atoms with E-state index >= 15 is 0 Å². The molecule has 1 amide bonds. The summed E-state index contributed by atoms with van der Waals surface area (Å²) in [5, 5.41) is 8.60. The van der Waals surface area contributed by atoms with Gasteiger partial charge in [-0.15, -0.1) is 0 Å². The Morgan fingerprint density at radius 2 is 1.74 bits per heavy atom. The number of rotatable bonds is 5. The van der Waals surface area contributed by atoms with E-state index in [2.05, 4.69) is 39.5 Å². The molecule has 0 unspecified atom stereocenters. The van der Waals surface area contributed by atoms with Crippen LogP contribution < -0.4 is 10.2 Å². The van der Waals surface area contributed by atoms with E-state index in [1.165, 1.54) is 12.8 Å². The van der Waals surface area contributed by atoms with Gasteiger partial charge >= 0.3 is 0 Å². The number of carbonyl (C=O) groups excluding carboxylic acids is 1. The zero-order valence-electron chi connectivity index (χ0n) is 21.3. The molecule has 1 aliphatic carbocycles. The highest BCUT2D eigenvalue weighted by atomic mass is 16.2. The first-order chi connectivity index (χ1) is 18.7. The summed E-state index contributed by atoms with van der Waals surface area (Å²) in [5.41, 5.74) is 4.61. The number of guanidine groups is 1. The fraction of sp³-hybridized carbons (Fsp3) is 0.267. The van der Waals surface area contributed by atoms with Crippen LogP contribution in [0, 0.1) is 0 Å². The topological polar surface area (TPSA) is 78.7 Å². The van der Waals surface area contributed by atoms with Crippen LogP contribution in [0.1, 0.15) is 41.6 Å². The Bertz CT molecular complexity index is 1510. The number of fused-ring (bicyclic) bond motifs is 5. The number of hydrogen-bond donors (Lipinski definition) is 1. The molecule has 8 nitrogen and oxygen atoms in total. The number of anilines is 3. The van der Waals surface area contributed by atoms with Crippen LogP contribution in [0.25, 0.3) is 11.3 Å². The second-order valence-electron chi connectivity index (χ2n) is 10.2. The Kier molecular flexibility index (Phi) is 5.46. The van der Waals surface area contributed by atoms with E-state index in [4.69, 9.17) is 10.1 Å². The van der Waals surface area contributed by atoms with Crippen molar-refractivity contribution in [3.8, 4) is 11.3 Å². The molecule has 190 valence electrons. The first-order valence-corrected chi connectivity index (χ1v) is 13.3. The van der Waals surface area contributed by atoms with E-state index in [1.807, 2.05) is 60.3 Å². The van der Waals surface area contributed by atoms with Crippen LogP contribution in [-0.2, 0) is 6.54 Å². The second-order valence-corrected chi connectivity index (χ2v) is 10.2. The number of para-hydroxylation sites is 1. The summed E-state index contributed by atoms with van der Waals surface area (Å²) in [6.07, 6.45) is 6.27. The van der Waals surface area contributed by atoms with Crippen molar-refractivity contribution in [2.24, 2.45) is 4.99 Å². The van der Waals surface area contributed by atoms with Gasteiger partial charge in [-0.2, -0.15) is 5.10 Å². The van der Waals surface area contributed by atoms with Crippen molar-refractivity contribution < 1.29 is 4.79 Å². The molecule has 2 atom stereocenters. The van der Waals surface area contributed by atoms with Gasteiger partial charge in [-0.05, 0) is 42.7 Å². The fourth-order valence-corrected chi connectivity index (χ4v) is 5.86. The molecule has 0 saturated heterocycles. The summed E-state index contributed by atoms with van der Waals surface area (Å²) in [6.45, 7) is 0.524. The molecule has 4 heterocycles. The van der Waals surface area contributed by atoms with Gasteiger partial charge in [0.25, 0.3) is 5.91 Å². The molecule has 2 aromatic heterocycles. The summed E-state index contributed by atoms with van der Waals surface area (Å²) >= 11 is 0. The van der Waals surface area contributed by atoms with E-state index < -0.39 is 0 Å². The Morgan fingerprint density at radius 3 is 2.53 bits per heavy atom. The molecule has 1 N–H and O–H groups in total. The van der Waals surface area contributed by atoms with E-state index in [9.17, 15) is 4.79 Å². The van der Waals surface area contributed by atoms with Gasteiger partial charge in [0.1, 0.15) is 11.4 Å². The van der Waals surface area contributed by atoms with E-state index in [0.29, 0.717) is 23.7 Å². The molecule has 7 rings (SSSR count). The lowest BCUT2D eigenvalue weighted by Crippen LogP contribution is -2.52. The van der Waals surface area contributed by atoms with Gasteiger partial charge in [0.15, 0.2) is 5.82 Å². The monoisotopic (exact) mass is 503 g/mol. The molecule has 1 fully saturated rings. The third-order valence-electron chi connectivity index (χ3n) is 7.79. The summed E-state index contributed by atoms with van der Waals surface area (Å²) in [5.74, 6) is 2.07. The number of aromatic nitrogens is 3. The molecular weight excluding hydrogens is 474 g/mol. The fourth-order valence-electron chi connectivity index (χ4n) is 5.86. The van der Waals surface area contributed by atoms with Crippen molar-refractivity contribution in [2.45, 2.75) is 44.3 Å². The molecule has 0 bridgehead atoms. The van der Waals surface area contributed by atoms with Gasteiger partial charge in [0.05, 0.1) is 24.3 Å². The van der Waals surface area contributed by atoms with Crippen LogP contribution in [0.3, 0.4) is 0 Å². The van der Waals surface area contributed by atoms with Gasteiger partial charge in [-0.3, -0.25) is 19.6 Å². The summed E-state index contributed by atoms with van der Waals surface area (Å²) in [7, 11) is 1.83. The van der Waals surface area contributed by atoms with Crippen LogP contribution in [0.4, 0.5) is 17.3 Å². The van der Waals surface area contributed by atoms with E-state index in [-0.39, 0.29) is 18.0 Å². The Morgan fingerprint density at radius 1 is 0.947 bits per heavy atom. The molecule has 0 radical (unpaired) electrons. The summed E-state index contributed by atoms with van der Waals surface area (Å²) < 4.78 is 1.93. The Balaban J connectivity index is 1.30. The predicted octanol–water partition coefficient (Wildman–Crippen LogP) is 5.31. The van der Waals surface area contributed by atoms with E-state index in [1.54, 1.807) is 11.1 Å². The molecule has 38 heavy (non-hydrogen) atoms. The summed E-state index contributed by atoms with van der Waals surface area (Å²) in [6, 6.07) is 24.7. The van der Waals surface area contributed by atoms with Crippen molar-refractivity contribution in [1.82, 2.24) is 19.7 Å². The molecule has 4 aromatic rings. The van der Waals surface area contributed by atoms with E-state index in [0.717, 1.165) is 41.3 Å². The van der Waals surface area contributed by atoms with Crippen molar-refractivity contribution >= 4 is 29.2 Å². The van der Waals surface area contributed by atoms with Crippen LogP contribution in [0.5, 0.6) is 0 Å². The standard InChI is InChI=1S/C30H29N7O/c1-35-29(38)26-27(32-22-9-3-2-4-10-22)36(19-20-14-16-21(17-15-20)23-11-7-8-18-31-23)34-28(26)37-25-13-6-5-12-24(25)33-30(35)37/h2-4,7-11,14-18,24-25,32H,5-6,12-13,19H2,1H3/t24-,25+/m1/s1. The predicted molar refractivity (Wildman–Crippen MR) is 149 cm³/mol. The first-order valence-electron chi connectivity index (χ1n) is 13.3. The van der Waals surface area contributed by atoms with Gasteiger partial charge in [-0.1, -0.05) is 61.4 Å². The minimum atomic E-state index is -0.0798. The van der Waals surface area contributed by atoms with Gasteiger partial charge in [0.2, 0.25) is 5.96 Å². The normalized spacial score (nSPS) is 20.0. The number of aliphatic imine (C=N–C) groups is 1. The number of amides is 1. The lowest BCUT2D eigenvalue weighted by molar-refractivity contribution is 0.0866. The SMILES string of the molecule is CN1C(=O)c2c(nn(Cc3ccc(-c4ccccn4)cc3)c2Nc2ccccc2)N2C1=N[C@@H]1CCCC[C@@H]12. The quantitative estimate of drug-likeness (QED) is 0.399. The van der Waals surface area contributed by atoms with Gasteiger partial charge in [0, 0.05) is 24.5 Å². The van der Waals surface area contributed by atoms with Crippen molar-refractivity contribution in [2.75, 3.05) is 17.3 Å². The average Bonchev–Trinajstić information content (AvgIpc) is 3.52. The number of benzene rings is 2. The van der Waals surface area contributed by atoms with Gasteiger partial charge in [-0.25, -0.2) is 9.67 Å². The number of carbonyl (C=O) groups is 1. The minimum Gasteiger partial charge on any atom is -0.340 e. The zero-order valence-corrected chi connectivity index (χ0v) is 21.3. The third kappa shape index (κ3) is 3.75. The highest BCUT2D eigenvalue weighted by Gasteiger charge is 2.48. The van der Waals surface area contributed by atoms with Crippen LogP contribution in [0.2, 0.25) is 0 Å². The van der Waals surface area contributed by atoms with Crippen LogP contribution in [-0.4, -0.2) is 50.7 Å². The summed E-state index contributed by atoms with van der Waals surface area (Å²) in [4.78, 5) is 27.1. The molecular formula is C30H29N7O. The number of pyridine rings is 1. The number of hydrogen-bond acceptors (Lipinski definition) is 6. The van der Waals surface area contributed by atoms with Crippen LogP contribution >= 0.6 is 0 Å².